The van der Waals surface area contributed by atoms with E-state index < -0.39 is 0 Å². The summed E-state index contributed by atoms with van der Waals surface area (Å²) >= 11 is 0. The van der Waals surface area contributed by atoms with Crippen LogP contribution >= 0.6 is 0 Å². The Labute approximate surface area is 118 Å². The Morgan fingerprint density at radius 2 is 2.00 bits per heavy atom. The first kappa shape index (κ1) is 14.5. The molecule has 19 heavy (non-hydrogen) atoms. The molecule has 0 saturated carbocycles. The fourth-order valence-corrected chi connectivity index (χ4v) is 2.53. The van der Waals surface area contributed by atoms with Crippen LogP contribution in [0, 0.1) is 5.41 Å². The number of nitrogens with one attached hydrogen (secondary N) is 1. The minimum atomic E-state index is 0.423. The minimum Gasteiger partial charge on any atom is -0.312 e. The lowest BCUT2D eigenvalue weighted by molar-refractivity contribution is 0.290. The maximum Gasteiger partial charge on any atom is 0.0234 e. The van der Waals surface area contributed by atoms with Crippen molar-refractivity contribution in [1.82, 2.24) is 10.2 Å². The van der Waals surface area contributed by atoms with Crippen molar-refractivity contribution in [1.29, 1.82) is 0 Å². The third kappa shape index (κ3) is 4.63. The zero-order chi connectivity index (χ0) is 13.7. The molecule has 1 fully saturated rings. The lowest BCUT2D eigenvalue weighted by Gasteiger charge is -2.25. The van der Waals surface area contributed by atoms with Crippen LogP contribution in [-0.2, 0) is 6.54 Å². The molecule has 1 aromatic carbocycles. The summed E-state index contributed by atoms with van der Waals surface area (Å²) in [6, 6.07) is 11.5. The SMILES string of the molecule is CCC(C)(C)CNC1CCN(Cc2ccccc2)C1. The highest BCUT2D eigenvalue weighted by atomic mass is 15.2. The van der Waals surface area contributed by atoms with Gasteiger partial charge in [-0.15, -0.1) is 0 Å². The second kappa shape index (κ2) is 6.53. The van der Waals surface area contributed by atoms with Crippen molar-refractivity contribution in [3.8, 4) is 0 Å². The Morgan fingerprint density at radius 1 is 1.26 bits per heavy atom. The van der Waals surface area contributed by atoms with Crippen LogP contribution in [0.2, 0.25) is 0 Å². The predicted octanol–water partition coefficient (Wildman–Crippen LogP) is 3.29. The number of nitrogens with zero attached hydrogens (tertiary/aromatic N) is 1. The summed E-state index contributed by atoms with van der Waals surface area (Å²) in [5.41, 5.74) is 1.85. The van der Waals surface area contributed by atoms with E-state index in [0.29, 0.717) is 11.5 Å². The molecule has 1 aromatic rings. The van der Waals surface area contributed by atoms with Crippen molar-refractivity contribution in [3.63, 3.8) is 0 Å². The van der Waals surface area contributed by atoms with Crippen molar-refractivity contribution < 1.29 is 0 Å². The molecule has 2 rings (SSSR count). The highest BCUT2D eigenvalue weighted by Gasteiger charge is 2.24. The summed E-state index contributed by atoms with van der Waals surface area (Å²) < 4.78 is 0. The summed E-state index contributed by atoms with van der Waals surface area (Å²) in [5.74, 6) is 0. The molecule has 106 valence electrons. The molecule has 1 atom stereocenters. The van der Waals surface area contributed by atoms with Gasteiger partial charge in [0.2, 0.25) is 0 Å². The van der Waals surface area contributed by atoms with E-state index in [-0.39, 0.29) is 0 Å². The van der Waals surface area contributed by atoms with Crippen molar-refractivity contribution in [2.75, 3.05) is 19.6 Å². The average Bonchev–Trinajstić information content (AvgIpc) is 2.86. The van der Waals surface area contributed by atoms with Gasteiger partial charge in [-0.3, -0.25) is 4.90 Å². The molecule has 1 aliphatic heterocycles. The summed E-state index contributed by atoms with van der Waals surface area (Å²) in [6.45, 7) is 11.6. The van der Waals surface area contributed by atoms with E-state index in [1.54, 1.807) is 0 Å². The quantitative estimate of drug-likeness (QED) is 0.844. The molecular weight excluding hydrogens is 232 g/mol. The monoisotopic (exact) mass is 260 g/mol. The number of benzene rings is 1. The third-order valence-corrected chi connectivity index (χ3v) is 4.35. The largest absolute Gasteiger partial charge is 0.312 e. The maximum absolute atomic E-state index is 3.75. The molecule has 1 heterocycles. The number of likely N-dealkylation sites (tertiary alicyclic amines) is 1. The molecule has 0 spiro atoms. The van der Waals surface area contributed by atoms with Crippen LogP contribution in [0.15, 0.2) is 30.3 Å². The first-order valence-corrected chi connectivity index (χ1v) is 7.59. The van der Waals surface area contributed by atoms with E-state index in [0.717, 1.165) is 13.1 Å². The van der Waals surface area contributed by atoms with E-state index in [9.17, 15) is 0 Å². The van der Waals surface area contributed by atoms with Gasteiger partial charge in [-0.05, 0) is 23.8 Å². The molecule has 0 aliphatic carbocycles. The van der Waals surface area contributed by atoms with Gasteiger partial charge >= 0.3 is 0 Å². The Kier molecular flexibility index (Phi) is 5.00. The topological polar surface area (TPSA) is 15.3 Å². The van der Waals surface area contributed by atoms with Crippen molar-refractivity contribution in [2.45, 2.75) is 46.2 Å². The molecule has 1 unspecified atom stereocenters. The Bertz CT molecular complexity index is 372. The molecule has 1 saturated heterocycles. The highest BCUT2D eigenvalue weighted by Crippen LogP contribution is 2.20. The van der Waals surface area contributed by atoms with Gasteiger partial charge in [0.25, 0.3) is 0 Å². The standard InChI is InChI=1S/C17H28N2/c1-4-17(2,3)14-18-16-10-11-19(13-16)12-15-8-6-5-7-9-15/h5-9,16,18H,4,10-14H2,1-3H3. The zero-order valence-corrected chi connectivity index (χ0v) is 12.7. The van der Waals surface area contributed by atoms with Crippen LogP contribution in [0.3, 0.4) is 0 Å². The van der Waals surface area contributed by atoms with Crippen LogP contribution in [0.1, 0.15) is 39.2 Å². The van der Waals surface area contributed by atoms with Gasteiger partial charge in [-0.1, -0.05) is 51.1 Å². The first-order chi connectivity index (χ1) is 9.09. The van der Waals surface area contributed by atoms with E-state index in [1.807, 2.05) is 0 Å². The van der Waals surface area contributed by atoms with E-state index in [4.69, 9.17) is 0 Å². The summed E-state index contributed by atoms with van der Waals surface area (Å²) in [6.07, 6.45) is 2.52. The maximum atomic E-state index is 3.75. The zero-order valence-electron chi connectivity index (χ0n) is 12.7. The van der Waals surface area contributed by atoms with Crippen molar-refractivity contribution in [2.24, 2.45) is 5.41 Å². The summed E-state index contributed by atoms with van der Waals surface area (Å²) in [5, 5.41) is 3.75. The molecule has 2 heteroatoms. The second-order valence-electron chi connectivity index (χ2n) is 6.60. The Hall–Kier alpha value is -0.860. The van der Waals surface area contributed by atoms with Gasteiger partial charge in [0, 0.05) is 32.2 Å². The van der Waals surface area contributed by atoms with Crippen molar-refractivity contribution >= 4 is 0 Å². The minimum absolute atomic E-state index is 0.423. The van der Waals surface area contributed by atoms with Gasteiger partial charge in [-0.25, -0.2) is 0 Å². The normalized spacial score (nSPS) is 20.9. The molecule has 2 nitrogen and oxygen atoms in total. The van der Waals surface area contributed by atoms with Crippen molar-refractivity contribution in [3.05, 3.63) is 35.9 Å². The van der Waals surface area contributed by atoms with E-state index >= 15 is 0 Å². The third-order valence-electron chi connectivity index (χ3n) is 4.35. The Morgan fingerprint density at radius 3 is 2.68 bits per heavy atom. The molecule has 0 aromatic heterocycles. The van der Waals surface area contributed by atoms with Gasteiger partial charge in [0.05, 0.1) is 0 Å². The molecule has 0 radical (unpaired) electrons. The second-order valence-corrected chi connectivity index (χ2v) is 6.60. The number of hydrogen-bond donors (Lipinski definition) is 1. The molecule has 1 aliphatic rings. The van der Waals surface area contributed by atoms with Gasteiger partial charge in [0.1, 0.15) is 0 Å². The smallest absolute Gasteiger partial charge is 0.0234 e. The first-order valence-electron chi connectivity index (χ1n) is 7.59. The van der Waals surface area contributed by atoms with Crippen LogP contribution in [-0.4, -0.2) is 30.6 Å². The van der Waals surface area contributed by atoms with Gasteiger partial charge in [-0.2, -0.15) is 0 Å². The summed E-state index contributed by atoms with van der Waals surface area (Å²) in [7, 11) is 0. The molecule has 1 N–H and O–H groups in total. The van der Waals surface area contributed by atoms with E-state index in [1.165, 1.54) is 31.5 Å². The lowest BCUT2D eigenvalue weighted by Crippen LogP contribution is -2.38. The van der Waals surface area contributed by atoms with Crippen LogP contribution < -0.4 is 5.32 Å². The lowest BCUT2D eigenvalue weighted by atomic mass is 9.90. The van der Waals surface area contributed by atoms with Crippen LogP contribution in [0.4, 0.5) is 0 Å². The van der Waals surface area contributed by atoms with Gasteiger partial charge in [0.15, 0.2) is 0 Å². The molecular formula is C17H28N2. The average molecular weight is 260 g/mol. The number of hydrogen-bond acceptors (Lipinski definition) is 2. The van der Waals surface area contributed by atoms with Crippen LogP contribution in [0.5, 0.6) is 0 Å². The molecule has 0 bridgehead atoms. The van der Waals surface area contributed by atoms with Gasteiger partial charge < -0.3 is 5.32 Å². The Balaban J connectivity index is 1.74. The fourth-order valence-electron chi connectivity index (χ4n) is 2.53. The van der Waals surface area contributed by atoms with Crippen LogP contribution in [0.25, 0.3) is 0 Å². The molecule has 0 amide bonds. The predicted molar refractivity (Wildman–Crippen MR) is 82.2 cm³/mol. The fraction of sp³-hybridized carbons (Fsp3) is 0.647. The summed E-state index contributed by atoms with van der Waals surface area (Å²) in [4.78, 5) is 2.56. The van der Waals surface area contributed by atoms with E-state index in [2.05, 4.69) is 61.3 Å². The highest BCUT2D eigenvalue weighted by molar-refractivity contribution is 5.14. The number of rotatable bonds is 6.